The molecule has 0 bridgehead atoms. The summed E-state index contributed by atoms with van der Waals surface area (Å²) in [7, 11) is 0. The Morgan fingerprint density at radius 1 is 0.875 bits per heavy atom. The Morgan fingerprint density at radius 2 is 1.46 bits per heavy atom. The van der Waals surface area contributed by atoms with Crippen molar-refractivity contribution in [1.29, 1.82) is 0 Å². The number of allylic oxidation sites excluding steroid dienone is 8. The molecule has 2 heteroatoms. The standard InChI is InChI=1S/C22H36O2/c1-3-5-6-7-8-9-10-11-12-13-14-15-16-17-18-19-20-21-22(23)24-4-2/h5-6,8-9,11-12,14-15H,3-4,7,10,13,16-21H2,1-2H3/b6-5-,9-8-,12-11-,15-14-/i2D3,4D2. The van der Waals surface area contributed by atoms with E-state index >= 15 is 0 Å². The molecular formula is C22H36O2. The Bertz CT molecular complexity index is 546. The summed E-state index contributed by atoms with van der Waals surface area (Å²) < 4.78 is 40.0. The van der Waals surface area contributed by atoms with E-state index in [1.807, 2.05) is 0 Å². The molecule has 2 nitrogen and oxygen atoms in total. The highest BCUT2D eigenvalue weighted by Crippen LogP contribution is 2.07. The van der Waals surface area contributed by atoms with Crippen molar-refractivity contribution < 1.29 is 16.4 Å². The zero-order valence-electron chi connectivity index (χ0n) is 20.0. The number of esters is 1. The maximum Gasteiger partial charge on any atom is 0.305 e. The van der Waals surface area contributed by atoms with Gasteiger partial charge in [-0.3, -0.25) is 4.79 Å². The van der Waals surface area contributed by atoms with Crippen LogP contribution in [0.2, 0.25) is 0 Å². The van der Waals surface area contributed by atoms with Crippen LogP contribution in [0.5, 0.6) is 0 Å². The number of hydrogen-bond acceptors (Lipinski definition) is 2. The molecule has 0 heterocycles. The second-order valence-electron chi connectivity index (χ2n) is 5.53. The molecule has 0 atom stereocenters. The van der Waals surface area contributed by atoms with E-state index in [0.29, 0.717) is 6.42 Å². The van der Waals surface area contributed by atoms with Crippen LogP contribution in [-0.4, -0.2) is 12.5 Å². The normalized spacial score (nSPS) is 16.5. The first-order valence-electron chi connectivity index (χ1n) is 11.5. The van der Waals surface area contributed by atoms with Crippen molar-refractivity contribution in [1.82, 2.24) is 0 Å². The quantitative estimate of drug-likeness (QED) is 0.189. The SMILES string of the molecule is [2H]C([2H])([2H])C([2H])([2H])OC(=O)CCCCCC/C=C\C/C=C\C/C=C\C/C=C\CC. The third-order valence-electron chi connectivity index (χ3n) is 3.39. The van der Waals surface area contributed by atoms with Gasteiger partial charge in [0.05, 0.1) is 9.30 Å². The fourth-order valence-corrected chi connectivity index (χ4v) is 2.09. The Kier molecular flexibility index (Phi) is 12.0. The van der Waals surface area contributed by atoms with Crippen LogP contribution in [0.3, 0.4) is 0 Å². The number of ether oxygens (including phenoxy) is 1. The van der Waals surface area contributed by atoms with Crippen LogP contribution >= 0.6 is 0 Å². The molecule has 0 saturated carbocycles. The van der Waals surface area contributed by atoms with Gasteiger partial charge < -0.3 is 4.74 Å². The van der Waals surface area contributed by atoms with E-state index in [-0.39, 0.29) is 6.42 Å². The molecule has 0 unspecified atom stereocenters. The van der Waals surface area contributed by atoms with Gasteiger partial charge in [-0.2, -0.15) is 0 Å². The van der Waals surface area contributed by atoms with Crippen molar-refractivity contribution in [3.05, 3.63) is 48.6 Å². The first-order chi connectivity index (χ1) is 13.7. The van der Waals surface area contributed by atoms with Crippen LogP contribution < -0.4 is 0 Å². The number of carbonyl (C=O) groups is 1. The molecule has 0 N–H and O–H groups in total. The van der Waals surface area contributed by atoms with E-state index < -0.39 is 19.4 Å². The summed E-state index contributed by atoms with van der Waals surface area (Å²) in [5.41, 5.74) is 0. The third-order valence-corrected chi connectivity index (χ3v) is 3.39. The Labute approximate surface area is 156 Å². The summed E-state index contributed by atoms with van der Waals surface area (Å²) in [6.07, 6.45) is 25.7. The summed E-state index contributed by atoms with van der Waals surface area (Å²) in [6.45, 7) is -3.76. The van der Waals surface area contributed by atoms with E-state index in [2.05, 4.69) is 60.3 Å². The molecule has 0 aliphatic carbocycles. The zero-order chi connectivity index (χ0) is 22.0. The van der Waals surface area contributed by atoms with E-state index in [9.17, 15) is 4.79 Å². The average Bonchev–Trinajstić information content (AvgIpc) is 2.63. The van der Waals surface area contributed by atoms with Gasteiger partial charge in [0, 0.05) is 10.5 Å². The van der Waals surface area contributed by atoms with Gasteiger partial charge in [0.25, 0.3) is 0 Å². The summed E-state index contributed by atoms with van der Waals surface area (Å²) in [6, 6.07) is 0. The first kappa shape index (κ1) is 14.7. The lowest BCUT2D eigenvalue weighted by Crippen LogP contribution is -2.02. The molecule has 0 radical (unpaired) electrons. The highest BCUT2D eigenvalue weighted by Gasteiger charge is 1.99. The Hall–Kier alpha value is -1.57. The van der Waals surface area contributed by atoms with Gasteiger partial charge in [-0.05, 0) is 51.8 Å². The monoisotopic (exact) mass is 337 g/mol. The number of rotatable bonds is 15. The molecule has 0 aromatic carbocycles. The van der Waals surface area contributed by atoms with Gasteiger partial charge in [-0.25, -0.2) is 0 Å². The molecule has 0 fully saturated rings. The van der Waals surface area contributed by atoms with Crippen molar-refractivity contribution in [3.8, 4) is 0 Å². The fraction of sp³-hybridized carbons (Fsp3) is 0.591. The largest absolute Gasteiger partial charge is 0.466 e. The minimum atomic E-state index is -2.97. The van der Waals surface area contributed by atoms with Gasteiger partial charge in [0.15, 0.2) is 0 Å². The van der Waals surface area contributed by atoms with Gasteiger partial charge >= 0.3 is 5.97 Å². The van der Waals surface area contributed by atoms with Crippen molar-refractivity contribution in [3.63, 3.8) is 0 Å². The number of carbonyl (C=O) groups excluding carboxylic acids is 1. The van der Waals surface area contributed by atoms with Crippen molar-refractivity contribution >= 4 is 5.97 Å². The maximum absolute atomic E-state index is 11.5. The Balaban J connectivity index is 3.62. The molecule has 0 aliphatic heterocycles. The fourth-order valence-electron chi connectivity index (χ4n) is 2.09. The molecule has 136 valence electrons. The number of unbranched alkanes of at least 4 members (excludes halogenated alkanes) is 4. The van der Waals surface area contributed by atoms with E-state index in [1.54, 1.807) is 0 Å². The predicted octanol–water partition coefficient (Wildman–Crippen LogP) is 6.70. The lowest BCUT2D eigenvalue weighted by Gasteiger charge is -2.01. The lowest BCUT2D eigenvalue weighted by molar-refractivity contribution is -0.143. The predicted molar refractivity (Wildman–Crippen MR) is 105 cm³/mol. The van der Waals surface area contributed by atoms with Crippen LogP contribution in [0, 0.1) is 0 Å². The molecule has 0 saturated heterocycles. The van der Waals surface area contributed by atoms with Crippen molar-refractivity contribution in [2.75, 3.05) is 6.56 Å². The molecule has 0 amide bonds. The molecule has 0 spiro atoms. The van der Waals surface area contributed by atoms with Crippen molar-refractivity contribution in [2.45, 2.75) is 78.0 Å². The van der Waals surface area contributed by atoms with Crippen LogP contribution in [0.15, 0.2) is 48.6 Å². The van der Waals surface area contributed by atoms with Gasteiger partial charge in [0.2, 0.25) is 0 Å². The zero-order valence-corrected chi connectivity index (χ0v) is 15.0. The topological polar surface area (TPSA) is 26.3 Å². The summed E-state index contributed by atoms with van der Waals surface area (Å²) in [4.78, 5) is 11.5. The third kappa shape index (κ3) is 18.5. The molecule has 24 heavy (non-hydrogen) atoms. The first-order valence-corrected chi connectivity index (χ1v) is 9.02. The van der Waals surface area contributed by atoms with Gasteiger partial charge in [0.1, 0.15) is 0 Å². The average molecular weight is 338 g/mol. The van der Waals surface area contributed by atoms with Crippen molar-refractivity contribution in [2.24, 2.45) is 0 Å². The molecule has 0 aromatic heterocycles. The minimum Gasteiger partial charge on any atom is -0.466 e. The molecule has 0 aromatic rings. The summed E-state index contributed by atoms with van der Waals surface area (Å²) in [5.74, 6) is -0.801. The van der Waals surface area contributed by atoms with Crippen LogP contribution in [-0.2, 0) is 9.53 Å². The molecule has 0 rings (SSSR count). The Morgan fingerprint density at radius 3 is 2.08 bits per heavy atom. The van der Waals surface area contributed by atoms with Gasteiger partial charge in [-0.1, -0.05) is 68.4 Å². The van der Waals surface area contributed by atoms with E-state index in [0.717, 1.165) is 51.4 Å². The molecular weight excluding hydrogens is 296 g/mol. The van der Waals surface area contributed by atoms with Crippen LogP contribution in [0.4, 0.5) is 0 Å². The van der Waals surface area contributed by atoms with Crippen LogP contribution in [0.1, 0.15) is 84.8 Å². The molecule has 0 aliphatic rings. The number of hydrogen-bond donors (Lipinski definition) is 0. The minimum absolute atomic E-state index is 0.0412. The van der Waals surface area contributed by atoms with E-state index in [1.165, 1.54) is 0 Å². The van der Waals surface area contributed by atoms with E-state index in [4.69, 9.17) is 6.85 Å². The van der Waals surface area contributed by atoms with Crippen LogP contribution in [0.25, 0.3) is 0 Å². The summed E-state index contributed by atoms with van der Waals surface area (Å²) >= 11 is 0. The lowest BCUT2D eigenvalue weighted by atomic mass is 10.1. The second kappa shape index (κ2) is 19.5. The maximum atomic E-state index is 11.5. The van der Waals surface area contributed by atoms with Gasteiger partial charge in [-0.15, -0.1) is 0 Å². The highest BCUT2D eigenvalue weighted by atomic mass is 16.5. The smallest absolute Gasteiger partial charge is 0.305 e. The highest BCUT2D eigenvalue weighted by molar-refractivity contribution is 5.69. The second-order valence-corrected chi connectivity index (χ2v) is 5.53. The summed E-state index contributed by atoms with van der Waals surface area (Å²) in [5, 5.41) is 0.